The smallest absolute Gasteiger partial charge is 0.371 e. The zero-order chi connectivity index (χ0) is 14.7. The molecule has 0 aliphatic rings. The second-order valence-electron chi connectivity index (χ2n) is 4.44. The Morgan fingerprint density at radius 2 is 2.00 bits per heavy atom. The molecule has 0 spiro atoms. The topological polar surface area (TPSA) is 68.9 Å². The summed E-state index contributed by atoms with van der Waals surface area (Å²) in [6.07, 6.45) is 0. The third kappa shape index (κ3) is 2.93. The summed E-state index contributed by atoms with van der Waals surface area (Å²) in [5.41, 5.74) is 1.77. The third-order valence-corrected chi connectivity index (χ3v) is 2.93. The van der Waals surface area contributed by atoms with Crippen LogP contribution < -0.4 is 9.47 Å². The van der Waals surface area contributed by atoms with Crippen LogP contribution in [0.2, 0.25) is 0 Å². The highest BCUT2D eigenvalue weighted by molar-refractivity contribution is 5.84. The van der Waals surface area contributed by atoms with Crippen LogP contribution >= 0.6 is 0 Å². The number of methoxy groups -OCH3 is 1. The van der Waals surface area contributed by atoms with Gasteiger partial charge in [0.15, 0.2) is 11.5 Å². The number of hydrogen-bond acceptors (Lipinski definition) is 4. The fourth-order valence-corrected chi connectivity index (χ4v) is 1.82. The molecule has 0 aliphatic carbocycles. The first-order valence-corrected chi connectivity index (χ1v) is 6.11. The summed E-state index contributed by atoms with van der Waals surface area (Å²) in [5.74, 6) is 0.609. The van der Waals surface area contributed by atoms with E-state index in [1.165, 1.54) is 6.07 Å². The first kappa shape index (κ1) is 14.0. The minimum Gasteiger partial charge on any atom is -0.493 e. The average Bonchev–Trinajstić information content (AvgIpc) is 2.79. The van der Waals surface area contributed by atoms with Crippen molar-refractivity contribution in [2.24, 2.45) is 0 Å². The van der Waals surface area contributed by atoms with Gasteiger partial charge in [-0.15, -0.1) is 0 Å². The number of rotatable bonds is 5. The van der Waals surface area contributed by atoms with E-state index in [1.807, 2.05) is 25.1 Å². The minimum absolute atomic E-state index is 0.0861. The standard InChI is InChI=1S/C15H16O5/c1-9-4-5-12(13(6-9)18-3)19-8-11-7-14(15(16)17)20-10(11)2/h4-7H,8H2,1-3H3,(H,16,17). The number of carboxylic acid groups (broad SMARTS) is 1. The van der Waals surface area contributed by atoms with Gasteiger partial charge in [0.2, 0.25) is 5.76 Å². The van der Waals surface area contributed by atoms with Gasteiger partial charge in [0.1, 0.15) is 12.4 Å². The van der Waals surface area contributed by atoms with Gasteiger partial charge in [0, 0.05) is 5.56 Å². The Hall–Kier alpha value is -2.43. The monoisotopic (exact) mass is 276 g/mol. The molecule has 2 aromatic rings. The van der Waals surface area contributed by atoms with Gasteiger partial charge >= 0.3 is 5.97 Å². The molecule has 1 aromatic carbocycles. The Bertz CT molecular complexity index is 627. The lowest BCUT2D eigenvalue weighted by atomic mass is 10.2. The molecule has 0 saturated carbocycles. The molecule has 0 saturated heterocycles. The van der Waals surface area contributed by atoms with Gasteiger partial charge in [-0.25, -0.2) is 4.79 Å². The predicted octanol–water partition coefficient (Wildman–Crippen LogP) is 3.18. The van der Waals surface area contributed by atoms with Gasteiger partial charge in [0.05, 0.1) is 7.11 Å². The molecule has 0 radical (unpaired) electrons. The molecule has 1 N–H and O–H groups in total. The van der Waals surface area contributed by atoms with Crippen molar-refractivity contribution < 1.29 is 23.8 Å². The highest BCUT2D eigenvalue weighted by Gasteiger charge is 2.14. The first-order chi connectivity index (χ1) is 9.51. The summed E-state index contributed by atoms with van der Waals surface area (Å²) < 4.78 is 16.0. The number of carboxylic acids is 1. The second kappa shape index (κ2) is 5.69. The van der Waals surface area contributed by atoms with Crippen molar-refractivity contribution in [1.29, 1.82) is 0 Å². The van der Waals surface area contributed by atoms with E-state index in [0.717, 1.165) is 5.56 Å². The van der Waals surface area contributed by atoms with Crippen molar-refractivity contribution in [3.8, 4) is 11.5 Å². The molecule has 1 heterocycles. The molecule has 106 valence electrons. The number of furan rings is 1. The van der Waals surface area contributed by atoms with Crippen molar-refractivity contribution >= 4 is 5.97 Å². The molecule has 0 atom stereocenters. The van der Waals surface area contributed by atoms with E-state index >= 15 is 0 Å². The van der Waals surface area contributed by atoms with Crippen molar-refractivity contribution in [2.75, 3.05) is 7.11 Å². The van der Waals surface area contributed by atoms with E-state index in [0.29, 0.717) is 22.8 Å². The molecule has 0 aliphatic heterocycles. The van der Waals surface area contributed by atoms with Crippen molar-refractivity contribution in [2.45, 2.75) is 20.5 Å². The molecule has 0 fully saturated rings. The number of ether oxygens (including phenoxy) is 2. The number of benzene rings is 1. The molecular weight excluding hydrogens is 260 g/mol. The summed E-state index contributed by atoms with van der Waals surface area (Å²) in [6.45, 7) is 3.89. The summed E-state index contributed by atoms with van der Waals surface area (Å²) in [7, 11) is 1.58. The summed E-state index contributed by atoms with van der Waals surface area (Å²) >= 11 is 0. The largest absolute Gasteiger partial charge is 0.493 e. The molecule has 5 heteroatoms. The highest BCUT2D eigenvalue weighted by atomic mass is 16.5. The maximum atomic E-state index is 10.8. The number of hydrogen-bond donors (Lipinski definition) is 1. The van der Waals surface area contributed by atoms with Crippen LogP contribution in [0, 0.1) is 13.8 Å². The van der Waals surface area contributed by atoms with Crippen LogP contribution in [0.3, 0.4) is 0 Å². The average molecular weight is 276 g/mol. The van der Waals surface area contributed by atoms with Gasteiger partial charge < -0.3 is 19.0 Å². The second-order valence-corrected chi connectivity index (χ2v) is 4.44. The van der Waals surface area contributed by atoms with Crippen LogP contribution in [0.15, 0.2) is 28.7 Å². The van der Waals surface area contributed by atoms with E-state index in [9.17, 15) is 4.79 Å². The van der Waals surface area contributed by atoms with Crippen LogP contribution in [0.1, 0.15) is 27.4 Å². The number of aromatic carboxylic acids is 1. The highest BCUT2D eigenvalue weighted by Crippen LogP contribution is 2.29. The lowest BCUT2D eigenvalue weighted by Crippen LogP contribution is -1.98. The lowest BCUT2D eigenvalue weighted by Gasteiger charge is -2.10. The molecule has 5 nitrogen and oxygen atoms in total. The Balaban J connectivity index is 2.14. The zero-order valence-corrected chi connectivity index (χ0v) is 11.6. The van der Waals surface area contributed by atoms with Gasteiger partial charge in [-0.1, -0.05) is 6.07 Å². The maximum absolute atomic E-state index is 10.8. The van der Waals surface area contributed by atoms with Gasteiger partial charge in [-0.3, -0.25) is 0 Å². The fourth-order valence-electron chi connectivity index (χ4n) is 1.82. The Kier molecular flexibility index (Phi) is 3.98. The zero-order valence-electron chi connectivity index (χ0n) is 11.6. The Morgan fingerprint density at radius 3 is 2.60 bits per heavy atom. The summed E-state index contributed by atoms with van der Waals surface area (Å²) in [4.78, 5) is 10.8. The molecular formula is C15H16O5. The van der Waals surface area contributed by atoms with Crippen LogP contribution in [-0.4, -0.2) is 18.2 Å². The van der Waals surface area contributed by atoms with E-state index in [-0.39, 0.29) is 12.4 Å². The Labute approximate surface area is 116 Å². The molecule has 2 rings (SSSR count). The molecule has 0 bridgehead atoms. The third-order valence-electron chi connectivity index (χ3n) is 2.93. The van der Waals surface area contributed by atoms with E-state index in [1.54, 1.807) is 14.0 Å². The molecule has 1 aromatic heterocycles. The van der Waals surface area contributed by atoms with E-state index < -0.39 is 5.97 Å². The quantitative estimate of drug-likeness (QED) is 0.908. The Morgan fingerprint density at radius 1 is 1.25 bits per heavy atom. The van der Waals surface area contributed by atoms with Gasteiger partial charge in [-0.2, -0.15) is 0 Å². The molecule has 0 unspecified atom stereocenters. The molecule has 20 heavy (non-hydrogen) atoms. The van der Waals surface area contributed by atoms with Crippen LogP contribution in [0.5, 0.6) is 11.5 Å². The minimum atomic E-state index is -1.09. The SMILES string of the molecule is COc1cc(C)ccc1OCc1cc(C(=O)O)oc1C. The first-order valence-electron chi connectivity index (χ1n) is 6.11. The van der Waals surface area contributed by atoms with E-state index in [4.69, 9.17) is 19.0 Å². The maximum Gasteiger partial charge on any atom is 0.371 e. The van der Waals surface area contributed by atoms with Crippen LogP contribution in [-0.2, 0) is 6.61 Å². The fraction of sp³-hybridized carbons (Fsp3) is 0.267. The van der Waals surface area contributed by atoms with Crippen molar-refractivity contribution in [3.05, 3.63) is 46.9 Å². The molecule has 0 amide bonds. The van der Waals surface area contributed by atoms with Crippen molar-refractivity contribution in [3.63, 3.8) is 0 Å². The summed E-state index contributed by atoms with van der Waals surface area (Å²) in [5, 5.41) is 8.87. The lowest BCUT2D eigenvalue weighted by molar-refractivity contribution is 0.0661. The van der Waals surface area contributed by atoms with E-state index in [2.05, 4.69) is 0 Å². The van der Waals surface area contributed by atoms with Gasteiger partial charge in [0.25, 0.3) is 0 Å². The predicted molar refractivity (Wildman–Crippen MR) is 72.5 cm³/mol. The van der Waals surface area contributed by atoms with Gasteiger partial charge in [-0.05, 0) is 37.6 Å². The van der Waals surface area contributed by atoms with Crippen LogP contribution in [0.4, 0.5) is 0 Å². The number of aryl methyl sites for hydroxylation is 2. The van der Waals surface area contributed by atoms with Crippen LogP contribution in [0.25, 0.3) is 0 Å². The normalized spacial score (nSPS) is 10.3. The summed E-state index contributed by atoms with van der Waals surface area (Å²) in [6, 6.07) is 7.09. The number of carbonyl (C=O) groups is 1. The van der Waals surface area contributed by atoms with Crippen molar-refractivity contribution in [1.82, 2.24) is 0 Å².